The molecule has 0 fully saturated rings. The quantitative estimate of drug-likeness (QED) is 0.376. The fraction of sp³-hybridized carbons (Fsp3) is 1.00. The van der Waals surface area contributed by atoms with Crippen LogP contribution in [-0.4, -0.2) is 0 Å². The highest BCUT2D eigenvalue weighted by atomic mass is 14.4. The topological polar surface area (TPSA) is 0 Å². The van der Waals surface area contributed by atoms with E-state index in [4.69, 9.17) is 0 Å². The van der Waals surface area contributed by atoms with Gasteiger partial charge in [0.15, 0.2) is 0 Å². The molecule has 4 unspecified atom stereocenters. The molecule has 0 aromatic heterocycles. The average Bonchev–Trinajstić information content (AvgIpc) is 2.40. The first-order chi connectivity index (χ1) is 9.38. The molecule has 0 aromatic carbocycles. The van der Waals surface area contributed by atoms with E-state index in [1.54, 1.807) is 0 Å². The smallest absolute Gasteiger partial charge is 0.0358 e. The van der Waals surface area contributed by atoms with Crippen LogP contribution in [0.2, 0.25) is 0 Å². The molecule has 0 amide bonds. The molecule has 0 aliphatic rings. The Morgan fingerprint density at radius 3 is 1.55 bits per heavy atom. The minimum atomic E-state index is 0.821. The minimum Gasteiger partial charge on any atom is -0.0654 e. The van der Waals surface area contributed by atoms with Crippen molar-refractivity contribution < 1.29 is 0 Å². The van der Waals surface area contributed by atoms with Gasteiger partial charge in [0.1, 0.15) is 0 Å². The van der Waals surface area contributed by atoms with Crippen molar-refractivity contribution in [1.29, 1.82) is 0 Å². The average molecular weight is 283 g/mol. The van der Waals surface area contributed by atoms with E-state index in [1.165, 1.54) is 38.5 Å². The maximum Gasteiger partial charge on any atom is -0.0358 e. The van der Waals surface area contributed by atoms with Gasteiger partial charge in [0.2, 0.25) is 0 Å². The molecule has 0 aliphatic heterocycles. The van der Waals surface area contributed by atoms with Crippen LogP contribution >= 0.6 is 0 Å². The van der Waals surface area contributed by atoms with Crippen molar-refractivity contribution in [2.24, 2.45) is 35.5 Å². The molecule has 0 bridgehead atoms. The Balaban J connectivity index is 4.91. The third kappa shape index (κ3) is 6.64. The third-order valence-electron chi connectivity index (χ3n) is 5.60. The van der Waals surface area contributed by atoms with Gasteiger partial charge in [-0.2, -0.15) is 0 Å². The van der Waals surface area contributed by atoms with Gasteiger partial charge in [0.05, 0.1) is 0 Å². The summed E-state index contributed by atoms with van der Waals surface area (Å²) in [7, 11) is 0. The van der Waals surface area contributed by atoms with E-state index >= 15 is 0 Å². The van der Waals surface area contributed by atoms with Gasteiger partial charge in [-0.25, -0.2) is 0 Å². The van der Waals surface area contributed by atoms with E-state index in [2.05, 4.69) is 55.4 Å². The monoisotopic (exact) mass is 282 g/mol. The summed E-state index contributed by atoms with van der Waals surface area (Å²) < 4.78 is 0. The summed E-state index contributed by atoms with van der Waals surface area (Å²) in [6, 6.07) is 0. The van der Waals surface area contributed by atoms with Crippen molar-refractivity contribution >= 4 is 0 Å². The Morgan fingerprint density at radius 2 is 1.20 bits per heavy atom. The molecule has 4 atom stereocenters. The van der Waals surface area contributed by atoms with Crippen LogP contribution < -0.4 is 0 Å². The summed E-state index contributed by atoms with van der Waals surface area (Å²) >= 11 is 0. The lowest BCUT2D eigenvalue weighted by atomic mass is 9.67. The van der Waals surface area contributed by atoms with Gasteiger partial charge in [0, 0.05) is 0 Å². The zero-order valence-corrected chi connectivity index (χ0v) is 15.7. The summed E-state index contributed by atoms with van der Waals surface area (Å²) in [5, 5.41) is 0. The van der Waals surface area contributed by atoms with E-state index in [0.29, 0.717) is 0 Å². The van der Waals surface area contributed by atoms with Gasteiger partial charge in [0.25, 0.3) is 0 Å². The van der Waals surface area contributed by atoms with Gasteiger partial charge >= 0.3 is 0 Å². The van der Waals surface area contributed by atoms with Gasteiger partial charge in [-0.3, -0.25) is 0 Å². The molecule has 0 saturated heterocycles. The normalized spacial score (nSPS) is 18.3. The predicted molar refractivity (Wildman–Crippen MR) is 94.0 cm³/mol. The van der Waals surface area contributed by atoms with Crippen LogP contribution in [-0.2, 0) is 0 Å². The lowest BCUT2D eigenvalue weighted by Gasteiger charge is -2.38. The predicted octanol–water partition coefficient (Wildman–Crippen LogP) is 7.18. The second-order valence-corrected chi connectivity index (χ2v) is 7.77. The molecule has 0 N–H and O–H groups in total. The molecule has 0 rings (SSSR count). The number of rotatable bonds is 11. The lowest BCUT2D eigenvalue weighted by Crippen LogP contribution is -2.30. The summed E-state index contributed by atoms with van der Waals surface area (Å²) in [6.07, 6.45) is 8.38. The number of hydrogen-bond donors (Lipinski definition) is 0. The Kier molecular flexibility index (Phi) is 10.7. The first kappa shape index (κ1) is 20.0. The van der Waals surface area contributed by atoms with Crippen LogP contribution in [0, 0.1) is 35.5 Å². The highest BCUT2D eigenvalue weighted by Gasteiger charge is 2.31. The molecule has 0 spiro atoms. The van der Waals surface area contributed by atoms with Crippen molar-refractivity contribution in [3.8, 4) is 0 Å². The molecule has 0 nitrogen and oxygen atoms in total. The van der Waals surface area contributed by atoms with Crippen LogP contribution in [0.1, 0.15) is 93.9 Å². The zero-order chi connectivity index (χ0) is 15.7. The molecule has 0 aliphatic carbocycles. The molecular weight excluding hydrogens is 240 g/mol. The first-order valence-corrected chi connectivity index (χ1v) is 9.38. The molecule has 20 heavy (non-hydrogen) atoms. The second-order valence-electron chi connectivity index (χ2n) is 7.77. The second kappa shape index (κ2) is 10.7. The fourth-order valence-corrected chi connectivity index (χ4v) is 4.04. The lowest BCUT2D eigenvalue weighted by molar-refractivity contribution is 0.115. The summed E-state index contributed by atoms with van der Waals surface area (Å²) in [5.41, 5.74) is 0. The molecular formula is C20H42. The van der Waals surface area contributed by atoms with Gasteiger partial charge in [-0.05, 0) is 41.9 Å². The van der Waals surface area contributed by atoms with Crippen molar-refractivity contribution in [2.45, 2.75) is 93.9 Å². The van der Waals surface area contributed by atoms with Crippen LogP contribution in [0.3, 0.4) is 0 Å². The van der Waals surface area contributed by atoms with Crippen molar-refractivity contribution in [2.75, 3.05) is 0 Å². The summed E-state index contributed by atoms with van der Waals surface area (Å²) in [5.74, 6) is 5.36. The van der Waals surface area contributed by atoms with Crippen molar-refractivity contribution in [3.63, 3.8) is 0 Å². The van der Waals surface area contributed by atoms with Crippen LogP contribution in [0.25, 0.3) is 0 Å². The SMILES string of the molecule is CCCC(CCC(C)C)C(CC)C(CC)C(C)C(C)C. The van der Waals surface area contributed by atoms with E-state index < -0.39 is 0 Å². The highest BCUT2D eigenvalue weighted by molar-refractivity contribution is 4.80. The maximum absolute atomic E-state index is 2.49. The third-order valence-corrected chi connectivity index (χ3v) is 5.60. The Bertz CT molecular complexity index is 216. The first-order valence-electron chi connectivity index (χ1n) is 9.38. The molecule has 0 aromatic rings. The van der Waals surface area contributed by atoms with E-state index in [1.807, 2.05) is 0 Å². The Hall–Kier alpha value is 0. The highest BCUT2D eigenvalue weighted by Crippen LogP contribution is 2.39. The van der Waals surface area contributed by atoms with Gasteiger partial charge in [-0.1, -0.05) is 87.5 Å². The maximum atomic E-state index is 2.49. The van der Waals surface area contributed by atoms with E-state index in [0.717, 1.165) is 35.5 Å². The molecule has 122 valence electrons. The van der Waals surface area contributed by atoms with Gasteiger partial charge in [-0.15, -0.1) is 0 Å². The van der Waals surface area contributed by atoms with Crippen LogP contribution in [0.5, 0.6) is 0 Å². The van der Waals surface area contributed by atoms with Crippen LogP contribution in [0.4, 0.5) is 0 Å². The fourth-order valence-electron chi connectivity index (χ4n) is 4.04. The van der Waals surface area contributed by atoms with E-state index in [9.17, 15) is 0 Å². The zero-order valence-electron chi connectivity index (χ0n) is 15.7. The molecule has 0 heteroatoms. The van der Waals surface area contributed by atoms with Crippen molar-refractivity contribution in [1.82, 2.24) is 0 Å². The molecule has 0 heterocycles. The summed E-state index contributed by atoms with van der Waals surface area (Å²) in [6.45, 7) is 19.3. The standard InChI is InChI=1S/C20H42/c1-9-12-18(14-13-15(4)5)20(11-3)19(10-2)17(8)16(6)7/h15-20H,9-14H2,1-8H3. The Morgan fingerprint density at radius 1 is 0.650 bits per heavy atom. The van der Waals surface area contributed by atoms with Gasteiger partial charge < -0.3 is 0 Å². The van der Waals surface area contributed by atoms with Crippen molar-refractivity contribution in [3.05, 3.63) is 0 Å². The van der Waals surface area contributed by atoms with E-state index in [-0.39, 0.29) is 0 Å². The van der Waals surface area contributed by atoms with Crippen LogP contribution in [0.15, 0.2) is 0 Å². The largest absolute Gasteiger partial charge is 0.0654 e. The molecule has 0 radical (unpaired) electrons. The Labute approximate surface area is 130 Å². The minimum absolute atomic E-state index is 0.821. The summed E-state index contributed by atoms with van der Waals surface area (Å²) in [4.78, 5) is 0. The number of hydrogen-bond acceptors (Lipinski definition) is 0. The molecule has 0 saturated carbocycles.